The van der Waals surface area contributed by atoms with Crippen molar-refractivity contribution in [1.29, 1.82) is 5.26 Å². The predicted octanol–water partition coefficient (Wildman–Crippen LogP) is 2.64. The lowest BCUT2D eigenvalue weighted by atomic mass is 10.0. The Balaban J connectivity index is 2.25. The monoisotopic (exact) mass is 272 g/mol. The lowest BCUT2D eigenvalue weighted by Crippen LogP contribution is -2.17. The van der Waals surface area contributed by atoms with E-state index in [0.29, 0.717) is 30.0 Å². The van der Waals surface area contributed by atoms with E-state index < -0.39 is 0 Å². The van der Waals surface area contributed by atoms with Gasteiger partial charge in [0.1, 0.15) is 11.9 Å². The van der Waals surface area contributed by atoms with Crippen LogP contribution in [0, 0.1) is 17.2 Å². The Morgan fingerprint density at radius 2 is 2.35 bits per heavy atom. The van der Waals surface area contributed by atoms with Gasteiger partial charge in [0.2, 0.25) is 5.89 Å². The molecule has 0 aliphatic heterocycles. The summed E-state index contributed by atoms with van der Waals surface area (Å²) in [5, 5.41) is 8.68. The maximum atomic E-state index is 11.7. The second-order valence-electron chi connectivity index (χ2n) is 4.56. The lowest BCUT2D eigenvalue weighted by Gasteiger charge is -2.10. The minimum absolute atomic E-state index is 0.140. The topological polar surface area (TPSA) is 76.1 Å². The van der Waals surface area contributed by atoms with Gasteiger partial charge in [-0.1, -0.05) is 19.1 Å². The van der Waals surface area contributed by atoms with E-state index in [9.17, 15) is 4.79 Å². The van der Waals surface area contributed by atoms with Gasteiger partial charge in [-0.3, -0.25) is 4.79 Å². The molecular weight excluding hydrogens is 256 g/mol. The van der Waals surface area contributed by atoms with Gasteiger partial charge in [-0.05, 0) is 25.0 Å². The summed E-state index contributed by atoms with van der Waals surface area (Å²) in [6.45, 7) is 3.99. The fourth-order valence-electron chi connectivity index (χ4n) is 2.06. The number of fused-ring (bicyclic) bond motifs is 1. The fraction of sp³-hybridized carbons (Fsp3) is 0.400. The van der Waals surface area contributed by atoms with Crippen molar-refractivity contribution in [2.75, 3.05) is 6.61 Å². The van der Waals surface area contributed by atoms with Crippen LogP contribution >= 0.6 is 0 Å². The molecule has 5 heteroatoms. The van der Waals surface area contributed by atoms with Crippen LogP contribution in [-0.2, 0) is 22.4 Å². The smallest absolute Gasteiger partial charge is 0.308 e. The number of rotatable bonds is 5. The third kappa shape index (κ3) is 2.97. The van der Waals surface area contributed by atoms with Gasteiger partial charge in [0.25, 0.3) is 0 Å². The molecule has 0 amide bonds. The maximum absolute atomic E-state index is 11.7. The van der Waals surface area contributed by atoms with Crippen molar-refractivity contribution in [3.63, 3.8) is 0 Å². The number of hydrogen-bond donors (Lipinski definition) is 0. The summed E-state index contributed by atoms with van der Waals surface area (Å²) in [7, 11) is 0. The Bertz CT molecular complexity index is 655. The number of aromatic nitrogens is 1. The molecule has 0 fully saturated rings. The number of benzene rings is 1. The van der Waals surface area contributed by atoms with Crippen LogP contribution in [0.4, 0.5) is 0 Å². The number of para-hydroxylation sites is 1. The summed E-state index contributed by atoms with van der Waals surface area (Å²) in [4.78, 5) is 16.0. The van der Waals surface area contributed by atoms with Crippen molar-refractivity contribution in [2.45, 2.75) is 26.7 Å². The molecule has 1 atom stereocenters. The van der Waals surface area contributed by atoms with Crippen molar-refractivity contribution in [1.82, 2.24) is 4.98 Å². The molecule has 2 aromatic rings. The van der Waals surface area contributed by atoms with Gasteiger partial charge < -0.3 is 9.15 Å². The van der Waals surface area contributed by atoms with E-state index in [1.807, 2.05) is 31.2 Å². The van der Waals surface area contributed by atoms with Gasteiger partial charge in [-0.15, -0.1) is 0 Å². The van der Waals surface area contributed by atoms with Crippen molar-refractivity contribution < 1.29 is 13.9 Å². The highest BCUT2D eigenvalue weighted by Crippen LogP contribution is 2.22. The number of carbonyl (C=O) groups excluding carboxylic acids is 1. The number of esters is 1. The molecular formula is C15H16N2O3. The van der Waals surface area contributed by atoms with E-state index in [0.717, 1.165) is 5.56 Å². The van der Waals surface area contributed by atoms with Crippen LogP contribution in [0.15, 0.2) is 22.6 Å². The normalized spacial score (nSPS) is 12.1. The number of hydrogen-bond acceptors (Lipinski definition) is 5. The molecule has 0 aliphatic rings. The minimum atomic E-state index is -0.239. The van der Waals surface area contributed by atoms with E-state index >= 15 is 0 Å². The second-order valence-corrected chi connectivity index (χ2v) is 4.56. The lowest BCUT2D eigenvalue weighted by molar-refractivity contribution is -0.147. The Labute approximate surface area is 117 Å². The molecule has 104 valence electrons. The molecule has 20 heavy (non-hydrogen) atoms. The first-order valence-corrected chi connectivity index (χ1v) is 6.56. The molecule has 5 nitrogen and oxygen atoms in total. The third-order valence-electron chi connectivity index (χ3n) is 2.99. The highest BCUT2D eigenvalue weighted by Gasteiger charge is 2.17. The zero-order valence-electron chi connectivity index (χ0n) is 11.5. The number of oxazole rings is 1. The van der Waals surface area contributed by atoms with Crippen LogP contribution in [0.25, 0.3) is 11.1 Å². The van der Waals surface area contributed by atoms with Crippen LogP contribution in [0.3, 0.4) is 0 Å². The maximum Gasteiger partial charge on any atom is 0.308 e. The average Bonchev–Trinajstić information content (AvgIpc) is 2.83. The van der Waals surface area contributed by atoms with Gasteiger partial charge in [-0.25, -0.2) is 4.98 Å². The van der Waals surface area contributed by atoms with Crippen molar-refractivity contribution >= 4 is 17.1 Å². The van der Waals surface area contributed by atoms with E-state index in [1.54, 1.807) is 6.92 Å². The molecule has 2 rings (SSSR count). The van der Waals surface area contributed by atoms with Gasteiger partial charge >= 0.3 is 5.97 Å². The van der Waals surface area contributed by atoms with Crippen LogP contribution in [0.5, 0.6) is 0 Å². The zero-order chi connectivity index (χ0) is 14.5. The Morgan fingerprint density at radius 1 is 1.55 bits per heavy atom. The number of nitrogens with zero attached hydrogens (tertiary/aromatic N) is 2. The summed E-state index contributed by atoms with van der Waals surface area (Å²) in [5.74, 6) is -0.0550. The number of carbonyl (C=O) groups is 1. The van der Waals surface area contributed by atoms with Gasteiger partial charge in [0.15, 0.2) is 5.58 Å². The summed E-state index contributed by atoms with van der Waals surface area (Å²) < 4.78 is 10.5. The molecule has 1 aromatic carbocycles. The van der Waals surface area contributed by atoms with Crippen molar-refractivity contribution in [3.05, 3.63) is 29.7 Å². The molecule has 0 saturated heterocycles. The highest BCUT2D eigenvalue weighted by molar-refractivity contribution is 5.78. The fourth-order valence-corrected chi connectivity index (χ4v) is 2.06. The number of nitriles is 1. The zero-order valence-corrected chi connectivity index (χ0v) is 11.5. The van der Waals surface area contributed by atoms with Gasteiger partial charge in [-0.2, -0.15) is 5.26 Å². The largest absolute Gasteiger partial charge is 0.466 e. The summed E-state index contributed by atoms with van der Waals surface area (Å²) in [6.07, 6.45) is 0.677. The summed E-state index contributed by atoms with van der Waals surface area (Å²) in [6, 6.07) is 7.59. The molecule has 0 spiro atoms. The van der Waals surface area contributed by atoms with Gasteiger partial charge in [0, 0.05) is 0 Å². The molecule has 0 radical (unpaired) electrons. The van der Waals surface area contributed by atoms with E-state index in [-0.39, 0.29) is 18.3 Å². The minimum Gasteiger partial charge on any atom is -0.466 e. The Morgan fingerprint density at radius 3 is 3.05 bits per heavy atom. The quantitative estimate of drug-likeness (QED) is 0.782. The molecule has 0 bridgehead atoms. The third-order valence-corrected chi connectivity index (χ3v) is 2.99. The second kappa shape index (κ2) is 6.20. The predicted molar refractivity (Wildman–Crippen MR) is 72.8 cm³/mol. The van der Waals surface area contributed by atoms with Crippen LogP contribution < -0.4 is 0 Å². The molecule has 0 aliphatic carbocycles. The van der Waals surface area contributed by atoms with E-state index in [1.165, 1.54) is 0 Å². The molecule has 0 saturated carbocycles. The van der Waals surface area contributed by atoms with Crippen LogP contribution in [0.2, 0.25) is 0 Å². The van der Waals surface area contributed by atoms with E-state index in [2.05, 4.69) is 4.98 Å². The van der Waals surface area contributed by atoms with Gasteiger partial charge in [0.05, 0.1) is 18.6 Å². The average molecular weight is 272 g/mol. The van der Waals surface area contributed by atoms with Crippen LogP contribution in [-0.4, -0.2) is 17.6 Å². The first-order valence-electron chi connectivity index (χ1n) is 6.56. The first kappa shape index (κ1) is 14.1. The molecule has 1 heterocycles. The van der Waals surface area contributed by atoms with Crippen molar-refractivity contribution in [3.8, 4) is 6.07 Å². The summed E-state index contributed by atoms with van der Waals surface area (Å²) in [5.41, 5.74) is 2.29. The number of ether oxygens (including phenoxy) is 1. The SMILES string of the molecule is CCOC(=O)C(C)Cc1cccc2oc(CC#N)nc12. The standard InChI is InChI=1S/C15H16N2O3/c1-3-19-15(18)10(2)9-11-5-4-6-12-14(11)17-13(20-12)7-8-16/h4-6,10H,3,7,9H2,1-2H3. The highest BCUT2D eigenvalue weighted by atomic mass is 16.5. The van der Waals surface area contributed by atoms with Crippen LogP contribution in [0.1, 0.15) is 25.3 Å². The Kier molecular flexibility index (Phi) is 4.36. The molecule has 0 N–H and O–H groups in total. The molecule has 1 aromatic heterocycles. The summed E-state index contributed by atoms with van der Waals surface area (Å²) >= 11 is 0. The first-order chi connectivity index (χ1) is 9.65. The van der Waals surface area contributed by atoms with Crippen molar-refractivity contribution in [2.24, 2.45) is 5.92 Å². The molecule has 1 unspecified atom stereocenters. The Hall–Kier alpha value is -2.35. The van der Waals surface area contributed by atoms with E-state index in [4.69, 9.17) is 14.4 Å².